The zero-order chi connectivity index (χ0) is 15.5. The van der Waals surface area contributed by atoms with Gasteiger partial charge >= 0.3 is 6.03 Å². The average molecular weight is 336 g/mol. The van der Waals surface area contributed by atoms with Gasteiger partial charge in [-0.15, -0.1) is 0 Å². The number of aliphatic imine (C=N–C) groups is 2. The third kappa shape index (κ3) is 3.56. The van der Waals surface area contributed by atoms with Gasteiger partial charge in [-0.25, -0.2) is 9.79 Å². The predicted molar refractivity (Wildman–Crippen MR) is 90.1 cm³/mol. The quantitative estimate of drug-likeness (QED) is 0.913. The molecule has 1 aromatic carbocycles. The smallest absolute Gasteiger partial charge is 0.325 e. The Hall–Kier alpha value is -1.66. The summed E-state index contributed by atoms with van der Waals surface area (Å²) in [4.78, 5) is 31.4. The van der Waals surface area contributed by atoms with E-state index in [1.54, 1.807) is 24.3 Å². The summed E-state index contributed by atoms with van der Waals surface area (Å²) >= 11 is 7.12. The minimum absolute atomic E-state index is 0.131. The lowest BCUT2D eigenvalue weighted by atomic mass is 10.1. The summed E-state index contributed by atoms with van der Waals surface area (Å²) < 4.78 is 0. The van der Waals surface area contributed by atoms with E-state index >= 15 is 0 Å². The molecule has 0 saturated heterocycles. The molecule has 1 aromatic rings. The van der Waals surface area contributed by atoms with Gasteiger partial charge in [0.2, 0.25) is 5.91 Å². The molecule has 3 rings (SSSR count). The second kappa shape index (κ2) is 6.62. The molecule has 0 spiro atoms. The van der Waals surface area contributed by atoms with E-state index in [0.717, 1.165) is 30.0 Å². The van der Waals surface area contributed by atoms with Gasteiger partial charge in [0.05, 0.1) is 10.8 Å². The first kappa shape index (κ1) is 15.2. The van der Waals surface area contributed by atoms with Crippen LogP contribution >= 0.6 is 23.4 Å². The van der Waals surface area contributed by atoms with Gasteiger partial charge in [0.25, 0.3) is 0 Å². The van der Waals surface area contributed by atoms with E-state index in [4.69, 9.17) is 11.6 Å². The van der Waals surface area contributed by atoms with Crippen LogP contribution in [-0.4, -0.2) is 28.4 Å². The van der Waals surface area contributed by atoms with Crippen molar-refractivity contribution >= 4 is 51.7 Å². The van der Waals surface area contributed by atoms with Gasteiger partial charge in [0.15, 0.2) is 0 Å². The number of carbonyl (C=O) groups excluding carboxylic acids is 2. The summed E-state index contributed by atoms with van der Waals surface area (Å²) in [5.74, 6) is 0.217. The van der Waals surface area contributed by atoms with Crippen LogP contribution in [0.25, 0.3) is 0 Å². The number of fused-ring (bicyclic) bond motifs is 1. The molecule has 3 amide bonds. The number of hydrogen-bond acceptors (Lipinski definition) is 3. The molecular formula is C15H14ClN3O2S. The van der Waals surface area contributed by atoms with Gasteiger partial charge in [-0.1, -0.05) is 23.4 Å². The number of thioether (sulfide) groups is 1. The summed E-state index contributed by atoms with van der Waals surface area (Å²) in [5.41, 5.74) is 1.61. The second-order valence-electron chi connectivity index (χ2n) is 5.12. The molecule has 5 nitrogen and oxygen atoms in total. The van der Waals surface area contributed by atoms with E-state index in [2.05, 4.69) is 15.3 Å². The van der Waals surface area contributed by atoms with Crippen LogP contribution in [0, 0.1) is 5.92 Å². The molecule has 0 bridgehead atoms. The van der Waals surface area contributed by atoms with Crippen LogP contribution in [0.1, 0.15) is 19.3 Å². The molecule has 1 aliphatic carbocycles. The van der Waals surface area contributed by atoms with Gasteiger partial charge in [-0.2, -0.15) is 4.99 Å². The number of urea groups is 1. The van der Waals surface area contributed by atoms with Crippen LogP contribution in [0.2, 0.25) is 5.02 Å². The first-order valence-electron chi connectivity index (χ1n) is 7.00. The highest BCUT2D eigenvalue weighted by Crippen LogP contribution is 2.31. The maximum atomic E-state index is 12.0. The zero-order valence-corrected chi connectivity index (χ0v) is 13.3. The Morgan fingerprint density at radius 3 is 2.86 bits per heavy atom. The predicted octanol–water partition coefficient (Wildman–Crippen LogP) is 3.78. The lowest BCUT2D eigenvalue weighted by Crippen LogP contribution is -2.24. The Kier molecular flexibility index (Phi) is 4.59. The number of halogens is 1. The van der Waals surface area contributed by atoms with Crippen LogP contribution in [0.3, 0.4) is 0 Å². The molecule has 1 atom stereocenters. The topological polar surface area (TPSA) is 70.9 Å². The Morgan fingerprint density at radius 1 is 1.32 bits per heavy atom. The monoisotopic (exact) mass is 335 g/mol. The maximum absolute atomic E-state index is 12.0. The van der Waals surface area contributed by atoms with E-state index < -0.39 is 6.03 Å². The first-order chi connectivity index (χ1) is 10.6. The van der Waals surface area contributed by atoms with E-state index in [0.29, 0.717) is 10.7 Å². The van der Waals surface area contributed by atoms with Crippen molar-refractivity contribution in [1.82, 2.24) is 0 Å². The lowest BCUT2D eigenvalue weighted by Gasteiger charge is -2.16. The zero-order valence-electron chi connectivity index (χ0n) is 11.7. The maximum Gasteiger partial charge on any atom is 0.367 e. The number of carbonyl (C=O) groups is 2. The van der Waals surface area contributed by atoms with Crippen molar-refractivity contribution in [3.8, 4) is 0 Å². The van der Waals surface area contributed by atoms with Crippen molar-refractivity contribution < 1.29 is 9.59 Å². The summed E-state index contributed by atoms with van der Waals surface area (Å²) in [6, 6.07) is 6.47. The van der Waals surface area contributed by atoms with Crippen molar-refractivity contribution in [3.63, 3.8) is 0 Å². The summed E-state index contributed by atoms with van der Waals surface area (Å²) in [6.45, 7) is 0. The Bertz CT molecular complexity index is 670. The number of benzene rings is 1. The van der Waals surface area contributed by atoms with Crippen molar-refractivity contribution in [2.45, 2.75) is 19.3 Å². The van der Waals surface area contributed by atoms with E-state index in [1.165, 1.54) is 11.8 Å². The summed E-state index contributed by atoms with van der Waals surface area (Å²) in [5, 5.41) is 4.13. The largest absolute Gasteiger partial charge is 0.367 e. The molecular weight excluding hydrogens is 322 g/mol. The van der Waals surface area contributed by atoms with E-state index in [-0.39, 0.29) is 17.6 Å². The minimum atomic E-state index is -0.450. The van der Waals surface area contributed by atoms with Crippen molar-refractivity contribution in [3.05, 3.63) is 29.3 Å². The van der Waals surface area contributed by atoms with Crippen LogP contribution in [0.4, 0.5) is 10.5 Å². The highest BCUT2D eigenvalue weighted by molar-refractivity contribution is 8.14. The van der Waals surface area contributed by atoms with Crippen molar-refractivity contribution in [1.29, 1.82) is 0 Å². The fraction of sp³-hybridized carbons (Fsp3) is 0.333. The Labute approximate surface area is 137 Å². The van der Waals surface area contributed by atoms with Crippen LogP contribution < -0.4 is 5.32 Å². The second-order valence-corrected chi connectivity index (χ2v) is 6.56. The number of amides is 3. The number of anilines is 1. The summed E-state index contributed by atoms with van der Waals surface area (Å²) in [6.07, 6.45) is 2.83. The molecule has 0 radical (unpaired) electrons. The Balaban J connectivity index is 1.57. The average Bonchev–Trinajstić information content (AvgIpc) is 2.95. The molecule has 114 valence electrons. The highest BCUT2D eigenvalue weighted by Gasteiger charge is 2.32. The number of hydrogen-bond donors (Lipinski definition) is 1. The molecule has 2 aliphatic rings. The molecule has 1 saturated carbocycles. The van der Waals surface area contributed by atoms with E-state index in [1.807, 2.05) is 0 Å². The SMILES string of the molecule is O=C1N=C2CCCC2C(SCC(=O)Nc2ccc(Cl)cc2)=N1. The van der Waals surface area contributed by atoms with Crippen molar-refractivity contribution in [2.75, 3.05) is 11.1 Å². The standard InChI is InChI=1S/C15H14ClN3O2S/c16-9-4-6-10(7-5-9)17-13(20)8-22-14-11-2-1-3-12(11)18-15(21)19-14/h4-7,11H,1-3,8H2,(H,17,20). The van der Waals surface area contributed by atoms with Crippen LogP contribution in [0.5, 0.6) is 0 Å². The molecule has 0 aromatic heterocycles. The molecule has 1 unspecified atom stereocenters. The third-order valence-electron chi connectivity index (χ3n) is 3.55. The normalized spacial score (nSPS) is 20.2. The fourth-order valence-electron chi connectivity index (χ4n) is 2.55. The molecule has 7 heteroatoms. The molecule has 1 aliphatic heterocycles. The highest BCUT2D eigenvalue weighted by atomic mass is 35.5. The number of rotatable bonds is 3. The number of nitrogens with one attached hydrogen (secondary N) is 1. The molecule has 22 heavy (non-hydrogen) atoms. The molecule has 1 heterocycles. The van der Waals surface area contributed by atoms with E-state index in [9.17, 15) is 9.59 Å². The van der Waals surface area contributed by atoms with Gasteiger partial charge in [-0.05, 0) is 43.5 Å². The Morgan fingerprint density at radius 2 is 2.09 bits per heavy atom. The molecule has 1 fully saturated rings. The summed E-state index contributed by atoms with van der Waals surface area (Å²) in [7, 11) is 0. The van der Waals surface area contributed by atoms with Crippen LogP contribution in [0.15, 0.2) is 34.3 Å². The van der Waals surface area contributed by atoms with Gasteiger partial charge in [0, 0.05) is 22.3 Å². The van der Waals surface area contributed by atoms with Crippen molar-refractivity contribution in [2.24, 2.45) is 15.9 Å². The fourth-order valence-corrected chi connectivity index (χ4v) is 3.63. The van der Waals surface area contributed by atoms with Gasteiger partial charge in [0.1, 0.15) is 0 Å². The van der Waals surface area contributed by atoms with Gasteiger partial charge < -0.3 is 5.32 Å². The lowest BCUT2D eigenvalue weighted by molar-refractivity contribution is -0.113. The third-order valence-corrected chi connectivity index (χ3v) is 4.88. The minimum Gasteiger partial charge on any atom is -0.325 e. The van der Waals surface area contributed by atoms with Gasteiger partial charge in [-0.3, -0.25) is 4.79 Å². The van der Waals surface area contributed by atoms with Crippen LogP contribution in [-0.2, 0) is 4.79 Å². The molecule has 1 N–H and O–H groups in total. The number of nitrogens with zero attached hydrogens (tertiary/aromatic N) is 2. The first-order valence-corrected chi connectivity index (χ1v) is 8.36.